The molecule has 38 heavy (non-hydrogen) atoms. The lowest BCUT2D eigenvalue weighted by molar-refractivity contribution is 0.0506. The van der Waals surface area contributed by atoms with Gasteiger partial charge in [-0.3, -0.25) is 9.42 Å². The molecule has 0 radical (unpaired) electrons. The quantitative estimate of drug-likeness (QED) is 0.198. The van der Waals surface area contributed by atoms with Crippen LogP contribution in [0.4, 0.5) is 0 Å². The first kappa shape index (κ1) is 25.7. The normalized spacial score (nSPS) is 14.3. The smallest absolute Gasteiger partial charge is 0.404 e. The minimum atomic E-state index is -4.54. The molecule has 0 bridgehead atoms. The van der Waals surface area contributed by atoms with Crippen LogP contribution >= 0.6 is 7.82 Å². The van der Waals surface area contributed by atoms with E-state index in [4.69, 9.17) is 9.05 Å². The summed E-state index contributed by atoms with van der Waals surface area (Å²) in [6.45, 7) is 1.85. The fraction of sp³-hybridized carbons (Fsp3) is 0.0909. The van der Waals surface area contributed by atoms with E-state index in [0.29, 0.717) is 6.42 Å². The molecule has 0 aromatic heterocycles. The molecule has 0 amide bonds. The Bertz CT molecular complexity index is 1540. The van der Waals surface area contributed by atoms with Crippen LogP contribution in [-0.2, 0) is 21.1 Å². The minimum absolute atomic E-state index is 0.265. The Labute approximate surface area is 223 Å². The first-order valence-electron chi connectivity index (χ1n) is 12.5. The molecule has 0 aliphatic heterocycles. The average Bonchev–Trinajstić information content (AvgIpc) is 2.94. The van der Waals surface area contributed by atoms with Gasteiger partial charge in [-0.05, 0) is 52.4 Å². The molecular formula is C33H29O4P. The molecule has 0 aliphatic rings. The van der Waals surface area contributed by atoms with E-state index < -0.39 is 13.4 Å². The average molecular weight is 521 g/mol. The number of hydrogen-bond acceptors (Lipinski definition) is 3. The third-order valence-corrected chi connectivity index (χ3v) is 7.57. The van der Waals surface area contributed by atoms with E-state index in [9.17, 15) is 9.46 Å². The fourth-order valence-corrected chi connectivity index (χ4v) is 5.91. The molecule has 2 atom stereocenters. The van der Waals surface area contributed by atoms with Crippen molar-refractivity contribution in [2.75, 3.05) is 0 Å². The van der Waals surface area contributed by atoms with E-state index in [1.165, 1.54) is 0 Å². The lowest BCUT2D eigenvalue weighted by Gasteiger charge is -2.34. The molecule has 0 heterocycles. The number of para-hydroxylation sites is 1. The Morgan fingerprint density at radius 2 is 1.11 bits per heavy atom. The first-order valence-corrected chi connectivity index (χ1v) is 14.0. The van der Waals surface area contributed by atoms with E-state index in [1.54, 1.807) is 24.3 Å². The van der Waals surface area contributed by atoms with E-state index in [0.717, 1.165) is 33.4 Å². The van der Waals surface area contributed by atoms with Crippen molar-refractivity contribution < 1.29 is 18.5 Å². The van der Waals surface area contributed by atoms with Crippen LogP contribution in [0.2, 0.25) is 0 Å². The highest BCUT2D eigenvalue weighted by Gasteiger charge is 2.40. The Kier molecular flexibility index (Phi) is 7.57. The second-order valence-electron chi connectivity index (χ2n) is 9.31. The zero-order valence-corrected chi connectivity index (χ0v) is 22.0. The molecule has 2 unspecified atom stereocenters. The van der Waals surface area contributed by atoms with E-state index in [2.05, 4.69) is 18.2 Å². The molecule has 0 aliphatic carbocycles. The number of rotatable bonds is 9. The van der Waals surface area contributed by atoms with Gasteiger partial charge in [-0.1, -0.05) is 127 Å². The first-order chi connectivity index (χ1) is 18.4. The van der Waals surface area contributed by atoms with Crippen molar-refractivity contribution >= 4 is 7.82 Å². The predicted molar refractivity (Wildman–Crippen MR) is 153 cm³/mol. The summed E-state index contributed by atoms with van der Waals surface area (Å²) in [5, 5.41) is 0. The second-order valence-corrected chi connectivity index (χ2v) is 10.6. The van der Waals surface area contributed by atoms with Crippen LogP contribution in [0.5, 0.6) is 5.75 Å². The van der Waals surface area contributed by atoms with Crippen molar-refractivity contribution in [2.45, 2.75) is 18.9 Å². The standard InChI is InChI=1S/C33H29O4P/c1-33(37-38(34,35)36-29-20-9-4-10-21-29,32-24-14-13-23-31(32)27-17-7-3-8-18-27)25-28-19-11-12-22-30(28)26-15-5-2-6-16-26/h2-24H,25H2,1H3,(H,34,35). The maximum atomic E-state index is 13.5. The number of phosphoric ester groups is 1. The van der Waals surface area contributed by atoms with Crippen LogP contribution in [-0.4, -0.2) is 4.89 Å². The van der Waals surface area contributed by atoms with Gasteiger partial charge in [-0.15, -0.1) is 0 Å². The van der Waals surface area contributed by atoms with Gasteiger partial charge in [-0.2, -0.15) is 0 Å². The topological polar surface area (TPSA) is 55.8 Å². The summed E-state index contributed by atoms with van der Waals surface area (Å²) in [6.07, 6.45) is 0.338. The maximum Gasteiger partial charge on any atom is 0.528 e. The molecule has 5 heteroatoms. The molecule has 0 spiro atoms. The van der Waals surface area contributed by atoms with Crippen molar-refractivity contribution in [1.82, 2.24) is 0 Å². The van der Waals surface area contributed by atoms with Crippen molar-refractivity contribution in [3.05, 3.63) is 151 Å². The molecule has 5 rings (SSSR count). The zero-order valence-electron chi connectivity index (χ0n) is 21.1. The van der Waals surface area contributed by atoms with Crippen molar-refractivity contribution in [1.29, 1.82) is 0 Å². The second kappa shape index (κ2) is 11.2. The van der Waals surface area contributed by atoms with E-state index in [-0.39, 0.29) is 5.75 Å². The molecule has 0 saturated heterocycles. The molecule has 190 valence electrons. The predicted octanol–water partition coefficient (Wildman–Crippen LogP) is 8.67. The van der Waals surface area contributed by atoms with Gasteiger partial charge in [0.15, 0.2) is 0 Å². The SMILES string of the molecule is CC(Cc1ccccc1-c1ccccc1)(OP(=O)(O)Oc1ccccc1)c1ccccc1-c1ccccc1. The summed E-state index contributed by atoms with van der Waals surface area (Å²) >= 11 is 0. The Morgan fingerprint density at radius 1 is 0.632 bits per heavy atom. The molecular weight excluding hydrogens is 491 g/mol. The molecule has 0 fully saturated rings. The van der Waals surface area contributed by atoms with Gasteiger partial charge in [0.2, 0.25) is 0 Å². The van der Waals surface area contributed by atoms with Crippen molar-refractivity contribution in [2.24, 2.45) is 0 Å². The lowest BCUT2D eigenvalue weighted by atomic mass is 9.82. The van der Waals surface area contributed by atoms with Gasteiger partial charge >= 0.3 is 7.82 Å². The summed E-state index contributed by atoms with van der Waals surface area (Å²) in [5.41, 5.74) is 4.59. The van der Waals surface area contributed by atoms with E-state index in [1.807, 2.05) is 104 Å². The number of phosphoric acid groups is 1. The molecule has 4 nitrogen and oxygen atoms in total. The van der Waals surface area contributed by atoms with Gasteiger partial charge in [0, 0.05) is 6.42 Å². The maximum absolute atomic E-state index is 13.5. The molecule has 0 saturated carbocycles. The summed E-state index contributed by atoms with van der Waals surface area (Å²) < 4.78 is 25.1. The molecule has 1 N–H and O–H groups in total. The monoisotopic (exact) mass is 520 g/mol. The largest absolute Gasteiger partial charge is 0.528 e. The van der Waals surface area contributed by atoms with Crippen LogP contribution in [0.3, 0.4) is 0 Å². The highest BCUT2D eigenvalue weighted by molar-refractivity contribution is 7.47. The molecule has 5 aromatic carbocycles. The Hall–Kier alpha value is -3.95. The van der Waals surface area contributed by atoms with E-state index >= 15 is 0 Å². The number of hydrogen-bond donors (Lipinski definition) is 1. The van der Waals surface area contributed by atoms with Crippen LogP contribution in [0.25, 0.3) is 22.3 Å². The minimum Gasteiger partial charge on any atom is -0.404 e. The van der Waals surface area contributed by atoms with Gasteiger partial charge < -0.3 is 4.52 Å². The molecule has 5 aromatic rings. The third-order valence-electron chi connectivity index (χ3n) is 6.49. The van der Waals surface area contributed by atoms with Crippen LogP contribution in [0, 0.1) is 0 Å². The number of benzene rings is 5. The van der Waals surface area contributed by atoms with Crippen LogP contribution in [0.1, 0.15) is 18.1 Å². The zero-order chi connectivity index (χ0) is 26.4. The highest BCUT2D eigenvalue weighted by Crippen LogP contribution is 2.52. The highest BCUT2D eigenvalue weighted by atomic mass is 31.2. The third kappa shape index (κ3) is 5.95. The fourth-order valence-electron chi connectivity index (χ4n) is 4.82. The Balaban J connectivity index is 1.62. The van der Waals surface area contributed by atoms with Crippen LogP contribution in [0.15, 0.2) is 140 Å². The van der Waals surface area contributed by atoms with Gasteiger partial charge in [0.1, 0.15) is 11.4 Å². The van der Waals surface area contributed by atoms with Crippen molar-refractivity contribution in [3.63, 3.8) is 0 Å². The summed E-state index contributed by atoms with van der Waals surface area (Å²) in [7, 11) is -4.54. The lowest BCUT2D eigenvalue weighted by Crippen LogP contribution is -2.29. The summed E-state index contributed by atoms with van der Waals surface area (Å²) in [5.74, 6) is 0.265. The Morgan fingerprint density at radius 3 is 1.74 bits per heavy atom. The van der Waals surface area contributed by atoms with Gasteiger partial charge in [0.05, 0.1) is 0 Å². The van der Waals surface area contributed by atoms with Gasteiger partial charge in [-0.25, -0.2) is 4.57 Å². The summed E-state index contributed by atoms with van der Waals surface area (Å²) in [6, 6.07) is 44.6. The van der Waals surface area contributed by atoms with Gasteiger partial charge in [0.25, 0.3) is 0 Å². The van der Waals surface area contributed by atoms with Crippen molar-refractivity contribution in [3.8, 4) is 28.0 Å². The summed E-state index contributed by atoms with van der Waals surface area (Å²) in [4.78, 5) is 11.0. The van der Waals surface area contributed by atoms with Crippen LogP contribution < -0.4 is 4.52 Å².